The second kappa shape index (κ2) is 9.87. The number of thioether (sulfide) groups is 1. The Balaban J connectivity index is 1.74. The lowest BCUT2D eigenvalue weighted by atomic mass is 10.2. The number of likely N-dealkylation sites (tertiary alicyclic amines) is 1. The standard InChI is InChI=1S/C20H27N3O5S/c1-13(19(24)23-9-7-5-6-8-10-23)29-20-22-21-18(28-20)14-11-15(25-2)17(27-4)16(12-14)26-3/h11-13H,5-10H2,1-4H3. The van der Waals surface area contributed by atoms with Crippen molar-refractivity contribution in [2.75, 3.05) is 34.4 Å². The van der Waals surface area contributed by atoms with Crippen molar-refractivity contribution in [3.8, 4) is 28.7 Å². The lowest BCUT2D eigenvalue weighted by Crippen LogP contribution is -2.37. The van der Waals surface area contributed by atoms with E-state index in [1.165, 1.54) is 24.6 Å². The molecule has 0 bridgehead atoms. The zero-order chi connectivity index (χ0) is 20.8. The maximum absolute atomic E-state index is 12.7. The minimum absolute atomic E-state index is 0.115. The topological polar surface area (TPSA) is 86.9 Å². The SMILES string of the molecule is COc1cc(-c2nnc(SC(C)C(=O)N3CCCCCC3)o2)cc(OC)c1OC. The summed E-state index contributed by atoms with van der Waals surface area (Å²) in [5.41, 5.74) is 0.644. The Morgan fingerprint density at radius 3 is 2.21 bits per heavy atom. The normalized spacial score (nSPS) is 15.5. The Kier molecular flexibility index (Phi) is 7.24. The summed E-state index contributed by atoms with van der Waals surface area (Å²) in [6.07, 6.45) is 4.50. The number of carbonyl (C=O) groups excluding carboxylic acids is 1. The van der Waals surface area contributed by atoms with Crippen LogP contribution in [-0.2, 0) is 4.79 Å². The summed E-state index contributed by atoms with van der Waals surface area (Å²) in [7, 11) is 4.64. The van der Waals surface area contributed by atoms with Crippen LogP contribution in [0.1, 0.15) is 32.6 Å². The van der Waals surface area contributed by atoms with Gasteiger partial charge in [-0.25, -0.2) is 0 Å². The molecule has 2 heterocycles. The molecule has 1 amide bonds. The molecule has 1 aliphatic rings. The third-order valence-corrected chi connectivity index (χ3v) is 5.78. The van der Waals surface area contributed by atoms with Crippen LogP contribution in [0.2, 0.25) is 0 Å². The van der Waals surface area contributed by atoms with Gasteiger partial charge in [0.1, 0.15) is 0 Å². The van der Waals surface area contributed by atoms with Crippen molar-refractivity contribution < 1.29 is 23.4 Å². The Bertz CT molecular complexity index is 808. The van der Waals surface area contributed by atoms with Crippen LogP contribution in [0.15, 0.2) is 21.8 Å². The Morgan fingerprint density at radius 1 is 1.03 bits per heavy atom. The summed E-state index contributed by atoms with van der Waals surface area (Å²) in [5.74, 6) is 1.92. The molecule has 1 aromatic carbocycles. The number of amides is 1. The van der Waals surface area contributed by atoms with Crippen molar-refractivity contribution in [1.29, 1.82) is 0 Å². The van der Waals surface area contributed by atoms with Gasteiger partial charge in [0.2, 0.25) is 17.5 Å². The first-order valence-corrected chi connectivity index (χ1v) is 10.5. The fourth-order valence-corrected chi connectivity index (χ4v) is 4.10. The number of ether oxygens (including phenoxy) is 3. The molecule has 1 fully saturated rings. The lowest BCUT2D eigenvalue weighted by Gasteiger charge is -2.23. The van der Waals surface area contributed by atoms with Crippen molar-refractivity contribution in [1.82, 2.24) is 15.1 Å². The van der Waals surface area contributed by atoms with E-state index >= 15 is 0 Å². The van der Waals surface area contributed by atoms with Gasteiger partial charge in [0.25, 0.3) is 5.22 Å². The van der Waals surface area contributed by atoms with Crippen LogP contribution in [0.5, 0.6) is 17.2 Å². The molecule has 1 saturated heterocycles. The van der Waals surface area contributed by atoms with E-state index in [-0.39, 0.29) is 11.2 Å². The maximum atomic E-state index is 12.7. The highest BCUT2D eigenvalue weighted by Gasteiger charge is 2.25. The molecule has 0 N–H and O–H groups in total. The molecule has 0 radical (unpaired) electrons. The Labute approximate surface area is 174 Å². The molecular formula is C20H27N3O5S. The largest absolute Gasteiger partial charge is 0.493 e. The highest BCUT2D eigenvalue weighted by molar-refractivity contribution is 8.00. The van der Waals surface area contributed by atoms with Crippen LogP contribution in [0.4, 0.5) is 0 Å². The third kappa shape index (κ3) is 4.95. The van der Waals surface area contributed by atoms with Gasteiger partial charge in [0.15, 0.2) is 11.5 Å². The summed E-state index contributed by atoms with van der Waals surface area (Å²) in [6, 6.07) is 3.49. The number of hydrogen-bond donors (Lipinski definition) is 0. The quantitative estimate of drug-likeness (QED) is 0.626. The molecule has 3 rings (SSSR count). The first kappa shape index (κ1) is 21.3. The molecule has 2 aromatic rings. The summed E-state index contributed by atoms with van der Waals surface area (Å²) >= 11 is 1.28. The summed E-state index contributed by atoms with van der Waals surface area (Å²) in [5, 5.41) is 8.27. The number of rotatable bonds is 7. The van der Waals surface area contributed by atoms with Gasteiger partial charge in [0.05, 0.1) is 26.6 Å². The van der Waals surface area contributed by atoms with E-state index in [9.17, 15) is 4.79 Å². The van der Waals surface area contributed by atoms with Gasteiger partial charge in [-0.15, -0.1) is 10.2 Å². The monoisotopic (exact) mass is 421 g/mol. The highest BCUT2D eigenvalue weighted by atomic mass is 32.2. The zero-order valence-corrected chi connectivity index (χ0v) is 18.1. The second-order valence-electron chi connectivity index (χ2n) is 6.79. The molecule has 0 saturated carbocycles. The van der Waals surface area contributed by atoms with Gasteiger partial charge >= 0.3 is 0 Å². The number of benzene rings is 1. The van der Waals surface area contributed by atoms with E-state index in [0.717, 1.165) is 25.9 Å². The molecule has 1 aliphatic heterocycles. The highest BCUT2D eigenvalue weighted by Crippen LogP contribution is 2.41. The van der Waals surface area contributed by atoms with E-state index < -0.39 is 0 Å². The van der Waals surface area contributed by atoms with Crippen molar-refractivity contribution >= 4 is 17.7 Å². The molecule has 9 heteroatoms. The maximum Gasteiger partial charge on any atom is 0.277 e. The Hall–Kier alpha value is -2.42. The van der Waals surface area contributed by atoms with Gasteiger partial charge in [0, 0.05) is 18.7 Å². The van der Waals surface area contributed by atoms with Gasteiger partial charge in [-0.1, -0.05) is 24.6 Å². The van der Waals surface area contributed by atoms with Gasteiger partial charge in [-0.2, -0.15) is 0 Å². The predicted molar refractivity (Wildman–Crippen MR) is 110 cm³/mol. The molecule has 0 aliphatic carbocycles. The van der Waals surface area contributed by atoms with Crippen LogP contribution in [0.25, 0.3) is 11.5 Å². The van der Waals surface area contributed by atoms with Crippen LogP contribution in [-0.4, -0.2) is 60.7 Å². The van der Waals surface area contributed by atoms with Crippen LogP contribution in [0, 0.1) is 0 Å². The fraction of sp³-hybridized carbons (Fsp3) is 0.550. The summed E-state index contributed by atoms with van der Waals surface area (Å²) in [6.45, 7) is 3.52. The van der Waals surface area contributed by atoms with E-state index in [1.54, 1.807) is 33.5 Å². The minimum Gasteiger partial charge on any atom is -0.493 e. The molecule has 1 aromatic heterocycles. The zero-order valence-electron chi connectivity index (χ0n) is 17.3. The van der Waals surface area contributed by atoms with E-state index in [0.29, 0.717) is 33.9 Å². The smallest absolute Gasteiger partial charge is 0.277 e. The fourth-order valence-electron chi connectivity index (χ4n) is 3.33. The lowest BCUT2D eigenvalue weighted by molar-refractivity contribution is -0.130. The molecule has 29 heavy (non-hydrogen) atoms. The van der Waals surface area contributed by atoms with Gasteiger partial charge < -0.3 is 23.5 Å². The van der Waals surface area contributed by atoms with Crippen LogP contribution < -0.4 is 14.2 Å². The third-order valence-electron chi connectivity index (χ3n) is 4.86. The first-order chi connectivity index (χ1) is 14.1. The van der Waals surface area contributed by atoms with E-state index in [4.69, 9.17) is 18.6 Å². The number of nitrogens with zero attached hydrogens (tertiary/aromatic N) is 3. The number of methoxy groups -OCH3 is 3. The number of hydrogen-bond acceptors (Lipinski definition) is 8. The first-order valence-electron chi connectivity index (χ1n) is 9.66. The Morgan fingerprint density at radius 2 is 1.66 bits per heavy atom. The molecule has 1 atom stereocenters. The van der Waals surface area contributed by atoms with Gasteiger partial charge in [-0.3, -0.25) is 4.79 Å². The van der Waals surface area contributed by atoms with Crippen LogP contribution >= 0.6 is 11.8 Å². The predicted octanol–water partition coefficient (Wildman–Crippen LogP) is 3.65. The van der Waals surface area contributed by atoms with Gasteiger partial charge in [-0.05, 0) is 31.9 Å². The average Bonchev–Trinajstić information content (AvgIpc) is 3.04. The van der Waals surface area contributed by atoms with Crippen molar-refractivity contribution in [3.05, 3.63) is 12.1 Å². The summed E-state index contributed by atoms with van der Waals surface area (Å²) < 4.78 is 21.9. The number of aromatic nitrogens is 2. The van der Waals surface area contributed by atoms with Crippen molar-refractivity contribution in [2.45, 2.75) is 43.1 Å². The number of carbonyl (C=O) groups is 1. The molecule has 1 unspecified atom stereocenters. The minimum atomic E-state index is -0.290. The average molecular weight is 422 g/mol. The van der Waals surface area contributed by atoms with Crippen molar-refractivity contribution in [3.63, 3.8) is 0 Å². The van der Waals surface area contributed by atoms with Crippen LogP contribution in [0.3, 0.4) is 0 Å². The van der Waals surface area contributed by atoms with E-state index in [2.05, 4.69) is 10.2 Å². The molecule has 158 valence electrons. The van der Waals surface area contributed by atoms with E-state index in [1.807, 2.05) is 11.8 Å². The van der Waals surface area contributed by atoms with Crippen molar-refractivity contribution in [2.24, 2.45) is 0 Å². The molecule has 8 nitrogen and oxygen atoms in total. The molecular weight excluding hydrogens is 394 g/mol. The second-order valence-corrected chi connectivity index (χ2v) is 8.08. The summed E-state index contributed by atoms with van der Waals surface area (Å²) in [4.78, 5) is 14.7. The molecule has 0 spiro atoms.